The first-order valence-corrected chi connectivity index (χ1v) is 4.44. The Morgan fingerprint density at radius 3 is 2.82 bits per heavy atom. The van der Waals surface area contributed by atoms with Gasteiger partial charge >= 0.3 is 10.2 Å². The summed E-state index contributed by atoms with van der Waals surface area (Å²) in [6.45, 7) is 1.92. The highest BCUT2D eigenvalue weighted by Crippen LogP contribution is 2.09. The monoisotopic (exact) mass is 176 g/mol. The van der Waals surface area contributed by atoms with Gasteiger partial charge in [-0.05, 0) is 6.92 Å². The van der Waals surface area contributed by atoms with Gasteiger partial charge in [0.1, 0.15) is 0 Å². The summed E-state index contributed by atoms with van der Waals surface area (Å²) in [4.78, 5) is 0. The summed E-state index contributed by atoms with van der Waals surface area (Å²) in [6.07, 6.45) is 2.03. The van der Waals surface area contributed by atoms with E-state index in [1.165, 1.54) is 0 Å². The first-order valence-electron chi connectivity index (χ1n) is 3.04. The van der Waals surface area contributed by atoms with E-state index in [1.54, 1.807) is 6.92 Å². The van der Waals surface area contributed by atoms with Crippen molar-refractivity contribution in [2.75, 3.05) is 6.54 Å². The van der Waals surface area contributed by atoms with E-state index in [9.17, 15) is 8.42 Å². The highest BCUT2D eigenvalue weighted by Gasteiger charge is 2.18. The lowest BCUT2D eigenvalue weighted by Crippen LogP contribution is -2.27. The smallest absolute Gasteiger partial charge is 0.344 e. The summed E-state index contributed by atoms with van der Waals surface area (Å²) in [6, 6.07) is 0. The Bertz CT molecular complexity index is 304. The fourth-order valence-corrected chi connectivity index (χ4v) is 1.61. The van der Waals surface area contributed by atoms with Crippen molar-refractivity contribution in [3.8, 4) is 0 Å². The topological polar surface area (TPSA) is 70.0 Å². The second kappa shape index (κ2) is 2.54. The van der Waals surface area contributed by atoms with Crippen LogP contribution in [-0.2, 0) is 10.2 Å². The largest absolute Gasteiger partial charge is 0.505 e. The molecule has 0 spiro atoms. The Balaban J connectivity index is 3.03. The molecule has 0 aromatic rings. The molecule has 0 saturated heterocycles. The molecule has 1 aliphatic heterocycles. The molecule has 11 heavy (non-hydrogen) atoms. The first kappa shape index (κ1) is 8.06. The molecule has 0 amide bonds. The van der Waals surface area contributed by atoms with Crippen LogP contribution in [0.5, 0.6) is 0 Å². The van der Waals surface area contributed by atoms with Gasteiger partial charge in [0.2, 0.25) is 0 Å². The highest BCUT2D eigenvalue weighted by molar-refractivity contribution is 7.88. The molecule has 0 radical (unpaired) electrons. The normalized spacial score (nSPS) is 21.5. The summed E-state index contributed by atoms with van der Waals surface area (Å²) < 4.78 is 26.0. The average molecular weight is 176 g/mol. The van der Waals surface area contributed by atoms with Gasteiger partial charge in [-0.15, -0.1) is 4.40 Å². The molecule has 0 saturated carbocycles. The summed E-state index contributed by atoms with van der Waals surface area (Å²) in [5.41, 5.74) is 0. The zero-order valence-corrected chi connectivity index (χ0v) is 6.74. The zero-order chi connectivity index (χ0) is 8.48. The Labute approximate surface area is 64.8 Å². The molecule has 0 atom stereocenters. The standard InChI is InChI=1S/C5H8N2O3S/c1-2-7-4-5(8)3-6-11(7,9)10/h3-4,8H,2H2,1H3. The van der Waals surface area contributed by atoms with Gasteiger partial charge < -0.3 is 5.11 Å². The van der Waals surface area contributed by atoms with Crippen LogP contribution in [0.3, 0.4) is 0 Å². The van der Waals surface area contributed by atoms with Crippen molar-refractivity contribution < 1.29 is 13.5 Å². The summed E-state index contributed by atoms with van der Waals surface area (Å²) in [5.74, 6) is -0.151. The van der Waals surface area contributed by atoms with Crippen molar-refractivity contribution in [1.29, 1.82) is 0 Å². The zero-order valence-electron chi connectivity index (χ0n) is 5.93. The van der Waals surface area contributed by atoms with Crippen LogP contribution in [0.4, 0.5) is 0 Å². The van der Waals surface area contributed by atoms with Gasteiger partial charge in [-0.1, -0.05) is 0 Å². The number of rotatable bonds is 1. The van der Waals surface area contributed by atoms with Crippen molar-refractivity contribution in [3.63, 3.8) is 0 Å². The third kappa shape index (κ3) is 1.51. The van der Waals surface area contributed by atoms with Crippen LogP contribution < -0.4 is 0 Å². The van der Waals surface area contributed by atoms with Gasteiger partial charge in [0.15, 0.2) is 5.76 Å². The van der Waals surface area contributed by atoms with E-state index in [2.05, 4.69) is 4.40 Å². The van der Waals surface area contributed by atoms with Gasteiger partial charge in [-0.25, -0.2) is 0 Å². The molecular weight excluding hydrogens is 168 g/mol. The van der Waals surface area contributed by atoms with Crippen molar-refractivity contribution in [3.05, 3.63) is 12.0 Å². The van der Waals surface area contributed by atoms with Crippen LogP contribution in [0, 0.1) is 0 Å². The Kier molecular flexibility index (Phi) is 1.86. The molecule has 1 heterocycles. The summed E-state index contributed by atoms with van der Waals surface area (Å²) in [7, 11) is -3.54. The lowest BCUT2D eigenvalue weighted by molar-refractivity contribution is 0.420. The van der Waals surface area contributed by atoms with Crippen LogP contribution in [0.2, 0.25) is 0 Å². The third-order valence-electron chi connectivity index (χ3n) is 1.20. The summed E-state index contributed by atoms with van der Waals surface area (Å²) in [5, 5.41) is 8.85. The van der Waals surface area contributed by atoms with Gasteiger partial charge in [0, 0.05) is 6.54 Å². The Hall–Kier alpha value is -1.04. The molecule has 1 N–H and O–H groups in total. The van der Waals surface area contributed by atoms with Crippen LogP contribution in [0.15, 0.2) is 16.4 Å². The third-order valence-corrected chi connectivity index (χ3v) is 2.53. The second-order valence-electron chi connectivity index (χ2n) is 1.97. The quantitative estimate of drug-likeness (QED) is 0.613. The van der Waals surface area contributed by atoms with Crippen molar-refractivity contribution in [1.82, 2.24) is 4.31 Å². The molecule has 62 valence electrons. The van der Waals surface area contributed by atoms with Crippen molar-refractivity contribution in [2.45, 2.75) is 6.92 Å². The van der Waals surface area contributed by atoms with Crippen LogP contribution in [0.25, 0.3) is 0 Å². The van der Waals surface area contributed by atoms with E-state index >= 15 is 0 Å². The van der Waals surface area contributed by atoms with E-state index in [4.69, 9.17) is 5.11 Å². The van der Waals surface area contributed by atoms with E-state index in [1.807, 2.05) is 0 Å². The van der Waals surface area contributed by atoms with E-state index in [0.29, 0.717) is 0 Å². The Morgan fingerprint density at radius 2 is 2.36 bits per heavy atom. The van der Waals surface area contributed by atoms with Crippen molar-refractivity contribution >= 4 is 16.4 Å². The van der Waals surface area contributed by atoms with Crippen LogP contribution in [-0.4, -0.2) is 30.6 Å². The van der Waals surface area contributed by atoms with Crippen molar-refractivity contribution in [2.24, 2.45) is 4.40 Å². The Morgan fingerprint density at radius 1 is 1.73 bits per heavy atom. The highest BCUT2D eigenvalue weighted by atomic mass is 32.2. The predicted molar refractivity (Wildman–Crippen MR) is 40.5 cm³/mol. The number of allylic oxidation sites excluding steroid dienone is 1. The molecule has 0 aromatic heterocycles. The van der Waals surface area contributed by atoms with E-state index in [-0.39, 0.29) is 12.3 Å². The number of hydrogen-bond acceptors (Lipinski definition) is 3. The fourth-order valence-electron chi connectivity index (χ4n) is 0.683. The first-order chi connectivity index (χ1) is 5.06. The van der Waals surface area contributed by atoms with Crippen LogP contribution >= 0.6 is 0 Å². The minimum Gasteiger partial charge on any atom is -0.505 e. The number of nitrogens with zero attached hydrogens (tertiary/aromatic N) is 2. The van der Waals surface area contributed by atoms with E-state index < -0.39 is 10.2 Å². The molecular formula is C5H8N2O3S. The predicted octanol–water partition coefficient (Wildman–Crippen LogP) is 0.0369. The fraction of sp³-hybridized carbons (Fsp3) is 0.400. The lowest BCUT2D eigenvalue weighted by atomic mass is 10.6. The van der Waals surface area contributed by atoms with Gasteiger partial charge in [0.25, 0.3) is 0 Å². The molecule has 0 fully saturated rings. The molecule has 0 bridgehead atoms. The molecule has 0 unspecified atom stereocenters. The van der Waals surface area contributed by atoms with E-state index in [0.717, 1.165) is 16.7 Å². The minimum atomic E-state index is -3.54. The van der Waals surface area contributed by atoms with Gasteiger partial charge in [-0.2, -0.15) is 8.42 Å². The molecule has 1 aliphatic rings. The average Bonchev–Trinajstić information content (AvgIpc) is 1.94. The maximum Gasteiger partial charge on any atom is 0.344 e. The maximum absolute atomic E-state index is 10.9. The second-order valence-corrected chi connectivity index (χ2v) is 3.55. The number of hydrogen-bond donors (Lipinski definition) is 1. The molecule has 6 heteroatoms. The minimum absolute atomic E-state index is 0.151. The lowest BCUT2D eigenvalue weighted by Gasteiger charge is -2.17. The summed E-state index contributed by atoms with van der Waals surface area (Å²) >= 11 is 0. The maximum atomic E-state index is 10.9. The SMILES string of the molecule is CCN1C=C(O)C=NS1(=O)=O. The number of aliphatic hydroxyl groups is 1. The number of aliphatic hydroxyl groups excluding tert-OH is 1. The molecule has 1 rings (SSSR count). The van der Waals surface area contributed by atoms with Gasteiger partial charge in [0.05, 0.1) is 12.4 Å². The molecule has 5 nitrogen and oxygen atoms in total. The van der Waals surface area contributed by atoms with Gasteiger partial charge in [-0.3, -0.25) is 4.31 Å². The van der Waals surface area contributed by atoms with Crippen LogP contribution in [0.1, 0.15) is 6.92 Å². The molecule has 0 aliphatic carbocycles. The molecule has 0 aromatic carbocycles.